The van der Waals surface area contributed by atoms with Crippen molar-refractivity contribution in [1.29, 1.82) is 0 Å². The minimum Gasteiger partial charge on any atom is -0.394 e. The highest BCUT2D eigenvalue weighted by molar-refractivity contribution is 6.12. The van der Waals surface area contributed by atoms with Gasteiger partial charge >= 0.3 is 5.97 Å². The van der Waals surface area contributed by atoms with Gasteiger partial charge in [0, 0.05) is 25.1 Å². The first kappa shape index (κ1) is 50.3. The highest BCUT2D eigenvalue weighted by atomic mass is 16.7. The predicted molar refractivity (Wildman–Crippen MR) is 185 cm³/mol. The molecule has 0 saturated heterocycles. The Kier molecular flexibility index (Phi) is 26.5. The first-order valence-electron chi connectivity index (χ1n) is 17.5. The Morgan fingerprint density at radius 1 is 0.589 bits per heavy atom. The van der Waals surface area contributed by atoms with Crippen LogP contribution in [-0.2, 0) is 52.6 Å². The van der Waals surface area contributed by atoms with Crippen LogP contribution in [0.1, 0.15) is 12.8 Å². The summed E-state index contributed by atoms with van der Waals surface area (Å²) in [5.41, 5.74) is 2.28. The van der Waals surface area contributed by atoms with Gasteiger partial charge in [-0.2, -0.15) is 5.48 Å². The Balaban J connectivity index is 3.08. The molecule has 0 spiro atoms. The molecular formula is C32H55N5O19. The lowest BCUT2D eigenvalue weighted by Crippen LogP contribution is -2.52. The zero-order valence-corrected chi connectivity index (χ0v) is 30.8. The number of amides is 5. The molecule has 56 heavy (non-hydrogen) atoms. The van der Waals surface area contributed by atoms with Crippen LogP contribution in [0.4, 0.5) is 0 Å². The largest absolute Gasteiger partial charge is 0.394 e. The van der Waals surface area contributed by atoms with Crippen molar-refractivity contribution in [2.75, 3.05) is 105 Å². The topological polar surface area (TPSA) is 353 Å². The quantitative estimate of drug-likeness (QED) is 0.0166. The Morgan fingerprint density at radius 3 is 1.29 bits per heavy atom. The van der Waals surface area contributed by atoms with E-state index in [0.717, 1.165) is 22.0 Å². The van der Waals surface area contributed by atoms with Crippen molar-refractivity contribution in [2.24, 2.45) is 0 Å². The first-order valence-corrected chi connectivity index (χ1v) is 17.5. The van der Waals surface area contributed by atoms with E-state index in [9.17, 15) is 69.6 Å². The number of aliphatic hydroxyl groups excluding tert-OH is 8. The fourth-order valence-corrected chi connectivity index (χ4v) is 4.41. The third-order valence-electron chi connectivity index (χ3n) is 7.58. The van der Waals surface area contributed by atoms with Crippen LogP contribution in [0, 0.1) is 0 Å². The summed E-state index contributed by atoms with van der Waals surface area (Å²) in [7, 11) is 0. The zero-order valence-electron chi connectivity index (χ0n) is 30.8. The molecule has 0 bridgehead atoms. The molecular weight excluding hydrogens is 758 g/mol. The number of hydrogen-bond acceptors (Lipinski definition) is 20. The number of nitrogens with zero attached hydrogens (tertiary/aromatic N) is 2. The van der Waals surface area contributed by atoms with Crippen molar-refractivity contribution in [3.63, 3.8) is 0 Å². The number of hydroxylamine groups is 1. The fraction of sp³-hybridized carbons (Fsp3) is 0.750. The lowest BCUT2D eigenvalue weighted by Gasteiger charge is -2.27. The minimum atomic E-state index is -1.03. The predicted octanol–water partition coefficient (Wildman–Crippen LogP) is -7.98. The number of carbonyl (C=O) groups excluding carboxylic acids is 6. The molecule has 1 rings (SSSR count). The third-order valence-corrected chi connectivity index (χ3v) is 7.58. The van der Waals surface area contributed by atoms with Crippen LogP contribution in [-0.4, -0.2) is 228 Å². The van der Waals surface area contributed by atoms with Crippen molar-refractivity contribution in [3.05, 3.63) is 12.2 Å². The monoisotopic (exact) mass is 813 g/mol. The van der Waals surface area contributed by atoms with Crippen LogP contribution in [0.3, 0.4) is 0 Å². The van der Waals surface area contributed by atoms with Crippen LogP contribution in [0.15, 0.2) is 12.2 Å². The van der Waals surface area contributed by atoms with Crippen LogP contribution in [0.25, 0.3) is 0 Å². The Morgan fingerprint density at radius 2 is 0.946 bits per heavy atom. The fourth-order valence-electron chi connectivity index (χ4n) is 4.41. The number of aliphatic hydroxyl groups is 8. The lowest BCUT2D eigenvalue weighted by molar-refractivity contribution is -0.153. The molecule has 0 aromatic rings. The van der Waals surface area contributed by atoms with E-state index in [-0.39, 0.29) is 39.5 Å². The lowest BCUT2D eigenvalue weighted by atomic mass is 10.2. The standard InChI is InChI=1S/C32H55N5O19/c38-9-23(10-39)52-17-21(18-53-24(11-40)12-41)34-27(46)7-36(29(48)3-4-32(51)56-33-5-6-37-30(49)1-2-31(37)50)8-28(47)35-22(19-54-25(13-42)14-43)20-55-26(15-44)16-45/h1-2,21-26,33,38-45H,3-20H2,(H,34,46)(H,35,47). The van der Waals surface area contributed by atoms with E-state index in [0.29, 0.717) is 0 Å². The Labute approximate surface area is 321 Å². The summed E-state index contributed by atoms with van der Waals surface area (Å²) < 4.78 is 21.5. The second-order valence-electron chi connectivity index (χ2n) is 12.1. The minimum absolute atomic E-state index is 0.119. The highest BCUT2D eigenvalue weighted by Gasteiger charge is 2.27. The van der Waals surface area contributed by atoms with Crippen molar-refractivity contribution in [1.82, 2.24) is 25.9 Å². The van der Waals surface area contributed by atoms with E-state index in [1.165, 1.54) is 0 Å². The molecule has 24 heteroatoms. The first-order chi connectivity index (χ1) is 26.9. The average molecular weight is 814 g/mol. The summed E-state index contributed by atoms with van der Waals surface area (Å²) in [6.45, 7) is -7.81. The smallest absolute Gasteiger partial charge is 0.325 e. The summed E-state index contributed by atoms with van der Waals surface area (Å²) in [5, 5.41) is 79.8. The van der Waals surface area contributed by atoms with E-state index in [4.69, 9.17) is 23.8 Å². The molecule has 0 saturated carbocycles. The van der Waals surface area contributed by atoms with Gasteiger partial charge in [-0.15, -0.1) is 0 Å². The molecule has 0 radical (unpaired) electrons. The number of ether oxygens (including phenoxy) is 4. The summed E-state index contributed by atoms with van der Waals surface area (Å²) in [4.78, 5) is 82.1. The average Bonchev–Trinajstić information content (AvgIpc) is 3.51. The molecule has 0 aromatic heterocycles. The Hall–Kier alpha value is -3.76. The molecule has 0 aliphatic carbocycles. The number of hydrogen-bond donors (Lipinski definition) is 11. The number of rotatable bonds is 33. The van der Waals surface area contributed by atoms with Gasteiger partial charge in [-0.3, -0.25) is 33.7 Å². The molecule has 0 unspecified atom stereocenters. The van der Waals surface area contributed by atoms with Crippen LogP contribution in [0.2, 0.25) is 0 Å². The molecule has 1 aliphatic heterocycles. The summed E-state index contributed by atoms with van der Waals surface area (Å²) in [5.74, 6) is -4.68. The van der Waals surface area contributed by atoms with E-state index in [1.807, 2.05) is 0 Å². The molecule has 11 N–H and O–H groups in total. The SMILES string of the molecule is O=C(CN(CC(=O)NC(COC(CO)CO)COC(CO)CO)C(=O)CCC(=O)ONCCN1C(=O)C=CC1=O)NC(COC(CO)CO)COC(CO)CO. The second kappa shape index (κ2) is 29.5. The van der Waals surface area contributed by atoms with E-state index >= 15 is 0 Å². The zero-order chi connectivity index (χ0) is 41.9. The number of carbonyl (C=O) groups is 6. The highest BCUT2D eigenvalue weighted by Crippen LogP contribution is 2.05. The van der Waals surface area contributed by atoms with Crippen LogP contribution >= 0.6 is 0 Å². The van der Waals surface area contributed by atoms with Gasteiger partial charge in [0.15, 0.2) is 0 Å². The van der Waals surface area contributed by atoms with Crippen molar-refractivity contribution < 1.29 is 93.4 Å². The molecule has 0 fully saturated rings. The maximum atomic E-state index is 13.4. The number of imide groups is 1. The third kappa shape index (κ3) is 20.4. The van der Waals surface area contributed by atoms with Gasteiger partial charge in [0.2, 0.25) is 17.7 Å². The van der Waals surface area contributed by atoms with Gasteiger partial charge in [0.1, 0.15) is 37.5 Å². The van der Waals surface area contributed by atoms with E-state index < -0.39 is 151 Å². The van der Waals surface area contributed by atoms with Gasteiger partial charge in [0.05, 0.1) is 104 Å². The van der Waals surface area contributed by atoms with Crippen molar-refractivity contribution >= 4 is 35.5 Å². The molecule has 0 atom stereocenters. The summed E-state index contributed by atoms with van der Waals surface area (Å²) in [6, 6.07) is -2.07. The van der Waals surface area contributed by atoms with E-state index in [1.54, 1.807) is 0 Å². The molecule has 1 heterocycles. The molecule has 5 amide bonds. The summed E-state index contributed by atoms with van der Waals surface area (Å²) in [6.07, 6.45) is -3.10. The van der Waals surface area contributed by atoms with Crippen molar-refractivity contribution in [2.45, 2.75) is 49.3 Å². The van der Waals surface area contributed by atoms with Crippen molar-refractivity contribution in [3.8, 4) is 0 Å². The molecule has 322 valence electrons. The van der Waals surface area contributed by atoms with Gasteiger partial charge < -0.3 is 80.2 Å². The Bertz CT molecular complexity index is 1110. The molecule has 1 aliphatic rings. The maximum Gasteiger partial charge on any atom is 0.325 e. The summed E-state index contributed by atoms with van der Waals surface area (Å²) >= 11 is 0. The van der Waals surface area contributed by atoms with Gasteiger partial charge in [-0.25, -0.2) is 0 Å². The van der Waals surface area contributed by atoms with Crippen LogP contribution in [0.5, 0.6) is 0 Å². The maximum absolute atomic E-state index is 13.4. The van der Waals surface area contributed by atoms with Gasteiger partial charge in [0.25, 0.3) is 11.8 Å². The number of nitrogens with one attached hydrogen (secondary N) is 3. The van der Waals surface area contributed by atoms with Crippen LogP contribution < -0.4 is 16.1 Å². The molecule has 24 nitrogen and oxygen atoms in total. The van der Waals surface area contributed by atoms with Gasteiger partial charge in [-0.05, 0) is 0 Å². The van der Waals surface area contributed by atoms with E-state index in [2.05, 4.69) is 16.1 Å². The second-order valence-corrected chi connectivity index (χ2v) is 12.1. The normalized spacial score (nSPS) is 13.0. The molecule has 0 aromatic carbocycles. The van der Waals surface area contributed by atoms with Gasteiger partial charge in [-0.1, -0.05) is 0 Å².